The maximum Gasteiger partial charge on any atom is 0.221 e. The largest absolute Gasteiger partial charge is 0.353 e. The van der Waals surface area contributed by atoms with Gasteiger partial charge in [0.2, 0.25) is 5.91 Å². The highest BCUT2D eigenvalue weighted by Gasteiger charge is 2.31. The minimum Gasteiger partial charge on any atom is -0.353 e. The first-order chi connectivity index (χ1) is 8.99. The zero-order valence-electron chi connectivity index (χ0n) is 13.2. The molecule has 0 aromatic heterocycles. The molecule has 1 saturated carbocycles. The SMILES string of the molecule is CCNCCC(=O)NC1CCC(C(C)(C)CC)CC1. The van der Waals surface area contributed by atoms with Crippen molar-refractivity contribution in [1.29, 1.82) is 0 Å². The molecule has 112 valence electrons. The van der Waals surface area contributed by atoms with Gasteiger partial charge in [-0.25, -0.2) is 0 Å². The molecule has 0 atom stereocenters. The Morgan fingerprint density at radius 2 is 1.79 bits per heavy atom. The van der Waals surface area contributed by atoms with Crippen molar-refractivity contribution in [3.8, 4) is 0 Å². The summed E-state index contributed by atoms with van der Waals surface area (Å²) in [5.74, 6) is 1.03. The van der Waals surface area contributed by atoms with E-state index in [0.29, 0.717) is 17.9 Å². The smallest absolute Gasteiger partial charge is 0.221 e. The summed E-state index contributed by atoms with van der Waals surface area (Å²) in [5.41, 5.74) is 0.458. The second-order valence-electron chi connectivity index (χ2n) is 6.56. The van der Waals surface area contributed by atoms with Crippen LogP contribution in [-0.4, -0.2) is 25.0 Å². The maximum absolute atomic E-state index is 11.8. The molecule has 1 rings (SSSR count). The molecule has 0 heterocycles. The summed E-state index contributed by atoms with van der Waals surface area (Å²) >= 11 is 0. The van der Waals surface area contributed by atoms with E-state index in [-0.39, 0.29) is 5.91 Å². The highest BCUT2D eigenvalue weighted by Crippen LogP contribution is 2.40. The Labute approximate surface area is 118 Å². The molecule has 0 aliphatic heterocycles. The van der Waals surface area contributed by atoms with Crippen molar-refractivity contribution >= 4 is 5.91 Å². The number of nitrogens with one attached hydrogen (secondary N) is 2. The van der Waals surface area contributed by atoms with E-state index in [9.17, 15) is 4.79 Å². The van der Waals surface area contributed by atoms with Crippen LogP contribution in [0.1, 0.15) is 66.2 Å². The molecule has 0 saturated heterocycles. The van der Waals surface area contributed by atoms with Crippen LogP contribution in [0.15, 0.2) is 0 Å². The molecule has 0 spiro atoms. The molecule has 1 amide bonds. The van der Waals surface area contributed by atoms with Crippen molar-refractivity contribution < 1.29 is 4.79 Å². The van der Waals surface area contributed by atoms with Crippen LogP contribution in [0.2, 0.25) is 0 Å². The normalized spacial score (nSPS) is 24.2. The van der Waals surface area contributed by atoms with Crippen LogP contribution < -0.4 is 10.6 Å². The fourth-order valence-corrected chi connectivity index (χ4v) is 2.99. The second kappa shape index (κ2) is 7.88. The van der Waals surface area contributed by atoms with E-state index < -0.39 is 0 Å². The Balaban J connectivity index is 2.25. The van der Waals surface area contributed by atoms with Gasteiger partial charge in [0.15, 0.2) is 0 Å². The van der Waals surface area contributed by atoms with Crippen LogP contribution >= 0.6 is 0 Å². The van der Waals surface area contributed by atoms with Gasteiger partial charge >= 0.3 is 0 Å². The van der Waals surface area contributed by atoms with E-state index in [2.05, 4.69) is 38.3 Å². The molecule has 3 heteroatoms. The number of hydrogen-bond donors (Lipinski definition) is 2. The van der Waals surface area contributed by atoms with Crippen molar-refractivity contribution in [2.75, 3.05) is 13.1 Å². The lowest BCUT2D eigenvalue weighted by Crippen LogP contribution is -2.40. The van der Waals surface area contributed by atoms with Crippen molar-refractivity contribution in [2.45, 2.75) is 72.3 Å². The molecule has 19 heavy (non-hydrogen) atoms. The van der Waals surface area contributed by atoms with Gasteiger partial charge in [-0.1, -0.05) is 34.1 Å². The summed E-state index contributed by atoms with van der Waals surface area (Å²) in [6.45, 7) is 10.8. The van der Waals surface area contributed by atoms with Gasteiger partial charge < -0.3 is 10.6 Å². The van der Waals surface area contributed by atoms with Crippen LogP contribution in [0.5, 0.6) is 0 Å². The van der Waals surface area contributed by atoms with Gasteiger partial charge in [0.25, 0.3) is 0 Å². The first-order valence-electron chi connectivity index (χ1n) is 7.99. The zero-order valence-corrected chi connectivity index (χ0v) is 13.2. The molecule has 3 nitrogen and oxygen atoms in total. The molecule has 1 aliphatic carbocycles. The lowest BCUT2D eigenvalue weighted by atomic mass is 9.69. The summed E-state index contributed by atoms with van der Waals surface area (Å²) in [4.78, 5) is 11.8. The van der Waals surface area contributed by atoms with Gasteiger partial charge in [0, 0.05) is 19.0 Å². The topological polar surface area (TPSA) is 41.1 Å². The lowest BCUT2D eigenvalue weighted by molar-refractivity contribution is -0.122. The molecule has 0 unspecified atom stereocenters. The Morgan fingerprint density at radius 1 is 1.16 bits per heavy atom. The predicted molar refractivity (Wildman–Crippen MR) is 81.1 cm³/mol. The van der Waals surface area contributed by atoms with Crippen molar-refractivity contribution in [1.82, 2.24) is 10.6 Å². The van der Waals surface area contributed by atoms with Crippen molar-refractivity contribution in [2.24, 2.45) is 11.3 Å². The summed E-state index contributed by atoms with van der Waals surface area (Å²) in [6, 6.07) is 0.415. The van der Waals surface area contributed by atoms with Crippen LogP contribution in [0.3, 0.4) is 0 Å². The third-order valence-electron chi connectivity index (χ3n) is 4.89. The lowest BCUT2D eigenvalue weighted by Gasteiger charge is -2.39. The monoisotopic (exact) mass is 268 g/mol. The average Bonchev–Trinajstić information content (AvgIpc) is 2.39. The van der Waals surface area contributed by atoms with Crippen LogP contribution in [-0.2, 0) is 4.79 Å². The predicted octanol–water partition coefficient (Wildman–Crippen LogP) is 3.10. The van der Waals surface area contributed by atoms with Gasteiger partial charge in [-0.05, 0) is 43.6 Å². The van der Waals surface area contributed by atoms with E-state index in [1.807, 2.05) is 0 Å². The van der Waals surface area contributed by atoms with E-state index in [1.54, 1.807) is 0 Å². The molecule has 2 N–H and O–H groups in total. The Morgan fingerprint density at radius 3 is 2.32 bits per heavy atom. The summed E-state index contributed by atoms with van der Waals surface area (Å²) in [5, 5.41) is 6.38. The number of carbonyl (C=O) groups is 1. The maximum atomic E-state index is 11.8. The molecule has 1 fully saturated rings. The molecule has 0 bridgehead atoms. The zero-order chi connectivity index (χ0) is 14.3. The third kappa shape index (κ3) is 5.52. The average molecular weight is 268 g/mol. The van der Waals surface area contributed by atoms with Crippen LogP contribution in [0.25, 0.3) is 0 Å². The number of amides is 1. The van der Waals surface area contributed by atoms with E-state index in [4.69, 9.17) is 0 Å². The van der Waals surface area contributed by atoms with Gasteiger partial charge in [-0.2, -0.15) is 0 Å². The van der Waals surface area contributed by atoms with Crippen molar-refractivity contribution in [3.05, 3.63) is 0 Å². The molecule has 0 aromatic carbocycles. The summed E-state index contributed by atoms with van der Waals surface area (Å²) < 4.78 is 0. The van der Waals surface area contributed by atoms with Gasteiger partial charge in [-0.3, -0.25) is 4.79 Å². The van der Waals surface area contributed by atoms with E-state index in [0.717, 1.165) is 31.8 Å². The Kier molecular flexibility index (Phi) is 6.84. The Bertz CT molecular complexity index is 268. The summed E-state index contributed by atoms with van der Waals surface area (Å²) in [7, 11) is 0. The first kappa shape index (κ1) is 16.5. The van der Waals surface area contributed by atoms with Gasteiger partial charge in [0.1, 0.15) is 0 Å². The molecule has 1 aliphatic rings. The van der Waals surface area contributed by atoms with Crippen LogP contribution in [0, 0.1) is 11.3 Å². The third-order valence-corrected chi connectivity index (χ3v) is 4.89. The summed E-state index contributed by atoms with van der Waals surface area (Å²) in [6.07, 6.45) is 6.69. The minimum absolute atomic E-state index is 0.208. The molecule has 0 aromatic rings. The highest BCUT2D eigenvalue weighted by molar-refractivity contribution is 5.76. The molecular weight excluding hydrogens is 236 g/mol. The fourth-order valence-electron chi connectivity index (χ4n) is 2.99. The number of rotatable bonds is 7. The molecule has 0 radical (unpaired) electrons. The standard InChI is InChI=1S/C16H32N2O/c1-5-16(3,4)13-7-9-14(10-8-13)18-15(19)11-12-17-6-2/h13-14,17H,5-12H2,1-4H3,(H,18,19). The van der Waals surface area contributed by atoms with Crippen LogP contribution in [0.4, 0.5) is 0 Å². The quantitative estimate of drug-likeness (QED) is 0.697. The van der Waals surface area contributed by atoms with Crippen molar-refractivity contribution in [3.63, 3.8) is 0 Å². The first-order valence-corrected chi connectivity index (χ1v) is 7.99. The van der Waals surface area contributed by atoms with Gasteiger partial charge in [0.05, 0.1) is 0 Å². The van der Waals surface area contributed by atoms with E-state index in [1.165, 1.54) is 19.3 Å². The molecular formula is C16H32N2O. The Hall–Kier alpha value is -0.570. The van der Waals surface area contributed by atoms with E-state index >= 15 is 0 Å². The number of hydrogen-bond acceptors (Lipinski definition) is 2. The highest BCUT2D eigenvalue weighted by atomic mass is 16.1. The van der Waals surface area contributed by atoms with Gasteiger partial charge in [-0.15, -0.1) is 0 Å². The number of carbonyl (C=O) groups excluding carboxylic acids is 1. The minimum atomic E-state index is 0.208. The fraction of sp³-hybridized carbons (Fsp3) is 0.938. The second-order valence-corrected chi connectivity index (χ2v) is 6.56.